The van der Waals surface area contributed by atoms with Crippen LogP contribution in [0.4, 0.5) is 0 Å². The highest BCUT2D eigenvalue weighted by atomic mass is 35.5. The molecule has 0 bridgehead atoms. The summed E-state index contributed by atoms with van der Waals surface area (Å²) in [6.45, 7) is 5.60. The van der Waals surface area contributed by atoms with Gasteiger partial charge in [0, 0.05) is 18.7 Å². The summed E-state index contributed by atoms with van der Waals surface area (Å²) in [5.41, 5.74) is 3.23. The maximum atomic E-state index is 12.6. The Morgan fingerprint density at radius 1 is 1.37 bits per heavy atom. The molecule has 2 atom stereocenters. The van der Waals surface area contributed by atoms with E-state index < -0.39 is 17.9 Å². The molecule has 1 aromatic heterocycles. The van der Waals surface area contributed by atoms with Crippen molar-refractivity contribution in [3.63, 3.8) is 0 Å². The van der Waals surface area contributed by atoms with Crippen LogP contribution in [0.3, 0.4) is 0 Å². The molecule has 0 saturated heterocycles. The zero-order chi connectivity index (χ0) is 20.3. The van der Waals surface area contributed by atoms with Crippen molar-refractivity contribution in [1.29, 1.82) is 0 Å². The Kier molecular flexibility index (Phi) is 6.49. The van der Waals surface area contributed by atoms with Crippen LogP contribution < -0.4 is 10.1 Å². The Bertz CT molecular complexity index is 863. The third-order valence-corrected chi connectivity index (χ3v) is 4.95. The molecule has 7 nitrogen and oxygen atoms in total. The number of hydrogen-bond donors (Lipinski definition) is 2. The molecular formula is C19H24ClN3O4. The molecule has 0 spiro atoms. The van der Waals surface area contributed by atoms with Gasteiger partial charge in [-0.2, -0.15) is 5.10 Å². The first-order chi connectivity index (χ1) is 12.6. The van der Waals surface area contributed by atoms with E-state index >= 15 is 0 Å². The number of nitrogens with one attached hydrogen (secondary N) is 1. The maximum Gasteiger partial charge on any atom is 0.330 e. The molecule has 0 aliphatic heterocycles. The van der Waals surface area contributed by atoms with Crippen LogP contribution in [0.5, 0.6) is 5.75 Å². The minimum absolute atomic E-state index is 0.283. The largest absolute Gasteiger partial charge is 0.495 e. The van der Waals surface area contributed by atoms with Crippen LogP contribution in [-0.4, -0.2) is 33.9 Å². The fraction of sp³-hybridized carbons (Fsp3) is 0.421. The standard InChI is InChI=1S/C19H24ClN3O4/c1-10(8-14-11(2)22-23(4)12(14)3)18(24)21-17(19(25)26)13-6-7-16(27-5)15(20)9-13/h6-7,9-10,17H,8H2,1-5H3,(H,21,24)(H,25,26). The van der Waals surface area contributed by atoms with E-state index in [9.17, 15) is 14.7 Å². The molecular weight excluding hydrogens is 370 g/mol. The minimum Gasteiger partial charge on any atom is -0.495 e. The number of rotatable bonds is 7. The lowest BCUT2D eigenvalue weighted by molar-refractivity contribution is -0.142. The van der Waals surface area contributed by atoms with E-state index in [-0.39, 0.29) is 10.9 Å². The number of carbonyl (C=O) groups is 2. The summed E-state index contributed by atoms with van der Waals surface area (Å²) in [6.07, 6.45) is 0.479. The van der Waals surface area contributed by atoms with Gasteiger partial charge >= 0.3 is 5.97 Å². The van der Waals surface area contributed by atoms with Gasteiger partial charge in [-0.05, 0) is 43.5 Å². The number of nitrogens with zero attached hydrogens (tertiary/aromatic N) is 2. The summed E-state index contributed by atoms with van der Waals surface area (Å²) in [5.74, 6) is -1.49. The molecule has 2 aromatic rings. The molecule has 2 unspecified atom stereocenters. The second-order valence-corrected chi connectivity index (χ2v) is 6.96. The predicted octanol–water partition coefficient (Wildman–Crippen LogP) is 2.82. The van der Waals surface area contributed by atoms with Crippen molar-refractivity contribution < 1.29 is 19.4 Å². The molecule has 0 saturated carbocycles. The first-order valence-corrected chi connectivity index (χ1v) is 8.89. The summed E-state index contributed by atoms with van der Waals surface area (Å²) in [6, 6.07) is 3.44. The van der Waals surface area contributed by atoms with Gasteiger partial charge < -0.3 is 15.2 Å². The highest BCUT2D eigenvalue weighted by Crippen LogP contribution is 2.28. The number of carbonyl (C=O) groups excluding carboxylic acids is 1. The number of hydrogen-bond acceptors (Lipinski definition) is 4. The molecule has 0 aliphatic rings. The number of benzene rings is 1. The molecule has 0 aliphatic carbocycles. The number of halogens is 1. The van der Waals surface area contributed by atoms with Crippen LogP contribution in [0.15, 0.2) is 18.2 Å². The highest BCUT2D eigenvalue weighted by molar-refractivity contribution is 6.32. The van der Waals surface area contributed by atoms with E-state index in [1.807, 2.05) is 20.9 Å². The number of ether oxygens (including phenoxy) is 1. The zero-order valence-corrected chi connectivity index (χ0v) is 16.8. The van der Waals surface area contributed by atoms with E-state index in [4.69, 9.17) is 16.3 Å². The van der Waals surface area contributed by atoms with Crippen LogP contribution >= 0.6 is 11.6 Å². The first kappa shape index (κ1) is 20.8. The van der Waals surface area contributed by atoms with Crippen LogP contribution in [0.25, 0.3) is 0 Å². The Labute approximate surface area is 163 Å². The quantitative estimate of drug-likeness (QED) is 0.754. The SMILES string of the molecule is COc1ccc(C(NC(=O)C(C)Cc2c(C)nn(C)c2C)C(=O)O)cc1Cl. The van der Waals surface area contributed by atoms with Crippen LogP contribution in [0, 0.1) is 19.8 Å². The number of methoxy groups -OCH3 is 1. The van der Waals surface area contributed by atoms with Gasteiger partial charge in [-0.25, -0.2) is 4.79 Å². The van der Waals surface area contributed by atoms with Crippen molar-refractivity contribution in [3.05, 3.63) is 45.7 Å². The normalized spacial score (nSPS) is 13.1. The fourth-order valence-corrected chi connectivity index (χ4v) is 3.21. The molecule has 0 fully saturated rings. The molecule has 1 amide bonds. The van der Waals surface area contributed by atoms with Gasteiger partial charge in [-0.1, -0.05) is 24.6 Å². The summed E-state index contributed by atoms with van der Waals surface area (Å²) >= 11 is 6.08. The van der Waals surface area contributed by atoms with Crippen molar-refractivity contribution in [2.45, 2.75) is 33.2 Å². The summed E-state index contributed by atoms with van der Waals surface area (Å²) < 4.78 is 6.85. The smallest absolute Gasteiger partial charge is 0.330 e. The molecule has 1 heterocycles. The lowest BCUT2D eigenvalue weighted by atomic mass is 9.98. The average molecular weight is 394 g/mol. The Hall–Kier alpha value is -2.54. The molecule has 1 aromatic carbocycles. The van der Waals surface area contributed by atoms with Gasteiger partial charge in [-0.15, -0.1) is 0 Å². The number of aryl methyl sites for hydroxylation is 2. The molecule has 0 radical (unpaired) electrons. The lowest BCUT2D eigenvalue weighted by Crippen LogP contribution is -2.37. The zero-order valence-electron chi connectivity index (χ0n) is 16.0. The molecule has 146 valence electrons. The van der Waals surface area contributed by atoms with Crippen LogP contribution in [-0.2, 0) is 23.1 Å². The van der Waals surface area contributed by atoms with Crippen molar-refractivity contribution in [2.75, 3.05) is 7.11 Å². The van der Waals surface area contributed by atoms with Crippen LogP contribution in [0.1, 0.15) is 35.5 Å². The van der Waals surface area contributed by atoms with Gasteiger partial charge in [0.1, 0.15) is 5.75 Å². The summed E-state index contributed by atoms with van der Waals surface area (Å²) in [4.78, 5) is 24.3. The third kappa shape index (κ3) is 4.60. The second-order valence-electron chi connectivity index (χ2n) is 6.55. The molecule has 2 rings (SSSR count). The Morgan fingerprint density at radius 2 is 2.04 bits per heavy atom. The number of carboxylic acids is 1. The van der Waals surface area contributed by atoms with Crippen molar-refractivity contribution >= 4 is 23.5 Å². The first-order valence-electron chi connectivity index (χ1n) is 8.51. The Balaban J connectivity index is 2.17. The topological polar surface area (TPSA) is 93.5 Å². The predicted molar refractivity (Wildman–Crippen MR) is 102 cm³/mol. The number of aliphatic carboxylic acids is 1. The summed E-state index contributed by atoms with van der Waals surface area (Å²) in [7, 11) is 3.33. The minimum atomic E-state index is -1.19. The van der Waals surface area contributed by atoms with E-state index in [0.717, 1.165) is 17.0 Å². The Morgan fingerprint density at radius 3 is 2.52 bits per heavy atom. The highest BCUT2D eigenvalue weighted by Gasteiger charge is 2.26. The van der Waals surface area contributed by atoms with E-state index in [2.05, 4.69) is 10.4 Å². The monoisotopic (exact) mass is 393 g/mol. The van der Waals surface area contributed by atoms with Gasteiger partial charge in [0.25, 0.3) is 0 Å². The maximum absolute atomic E-state index is 12.6. The van der Waals surface area contributed by atoms with Gasteiger partial charge in [0.15, 0.2) is 6.04 Å². The molecule has 27 heavy (non-hydrogen) atoms. The van der Waals surface area contributed by atoms with Crippen molar-refractivity contribution in [1.82, 2.24) is 15.1 Å². The molecule has 8 heteroatoms. The van der Waals surface area contributed by atoms with E-state index in [0.29, 0.717) is 17.7 Å². The van der Waals surface area contributed by atoms with Crippen LogP contribution in [0.2, 0.25) is 5.02 Å². The fourth-order valence-electron chi connectivity index (χ4n) is 2.95. The van der Waals surface area contributed by atoms with Crippen molar-refractivity contribution in [3.8, 4) is 5.75 Å². The lowest BCUT2D eigenvalue weighted by Gasteiger charge is -2.19. The molecule has 2 N–H and O–H groups in total. The number of carboxylic acid groups (broad SMARTS) is 1. The van der Waals surface area contributed by atoms with Crippen molar-refractivity contribution in [2.24, 2.45) is 13.0 Å². The number of aromatic nitrogens is 2. The van der Waals surface area contributed by atoms with Gasteiger partial charge in [0.2, 0.25) is 5.91 Å². The summed E-state index contributed by atoms with van der Waals surface area (Å²) in [5, 5.41) is 16.8. The van der Waals surface area contributed by atoms with E-state index in [1.165, 1.54) is 13.2 Å². The average Bonchev–Trinajstić information content (AvgIpc) is 2.85. The van der Waals surface area contributed by atoms with Gasteiger partial charge in [0.05, 0.1) is 17.8 Å². The van der Waals surface area contributed by atoms with E-state index in [1.54, 1.807) is 23.7 Å². The number of amides is 1. The second kappa shape index (κ2) is 8.43. The van der Waals surface area contributed by atoms with Gasteiger partial charge in [-0.3, -0.25) is 9.48 Å². The third-order valence-electron chi connectivity index (χ3n) is 4.66.